The molecule has 0 saturated heterocycles. The van der Waals surface area contributed by atoms with Crippen molar-refractivity contribution in [3.05, 3.63) is 29.8 Å². The maximum atomic E-state index is 12.3. The van der Waals surface area contributed by atoms with Crippen LogP contribution in [0.4, 0.5) is 0 Å². The van der Waals surface area contributed by atoms with E-state index in [-0.39, 0.29) is 11.4 Å². The molecule has 1 N–H and O–H groups in total. The lowest BCUT2D eigenvalue weighted by Crippen LogP contribution is -2.31. The molecule has 0 heterocycles. The van der Waals surface area contributed by atoms with Crippen LogP contribution in [-0.2, 0) is 16.4 Å². The quantitative estimate of drug-likeness (QED) is 0.761. The van der Waals surface area contributed by atoms with Gasteiger partial charge in [0.2, 0.25) is 10.0 Å². The number of hydrogen-bond donors (Lipinski definition) is 1. The van der Waals surface area contributed by atoms with Crippen LogP contribution in [0.25, 0.3) is 0 Å². The van der Waals surface area contributed by atoms with Crippen LogP contribution in [0.3, 0.4) is 0 Å². The molecule has 0 aliphatic rings. The van der Waals surface area contributed by atoms with Gasteiger partial charge in [-0.2, -0.15) is 4.31 Å². The van der Waals surface area contributed by atoms with Gasteiger partial charge in [0.05, 0.1) is 11.4 Å². The number of nitrogens with zero attached hydrogens (tertiary/aromatic N) is 1. The van der Waals surface area contributed by atoms with Crippen molar-refractivity contribution in [2.75, 3.05) is 26.7 Å². The minimum absolute atomic E-state index is 0.0976. The second-order valence-corrected chi connectivity index (χ2v) is 6.07. The first kappa shape index (κ1) is 15.7. The largest absolute Gasteiger partial charge is 0.319 e. The van der Waals surface area contributed by atoms with Gasteiger partial charge in [0.15, 0.2) is 0 Å². The number of rotatable bonds is 7. The van der Waals surface area contributed by atoms with Crippen LogP contribution < -0.4 is 5.32 Å². The molecule has 4 nitrogen and oxygen atoms in total. The molecule has 0 fully saturated rings. The van der Waals surface area contributed by atoms with Crippen LogP contribution >= 0.6 is 0 Å². The first-order valence-corrected chi connectivity index (χ1v) is 7.67. The van der Waals surface area contributed by atoms with Gasteiger partial charge in [0.1, 0.15) is 0 Å². The molecule has 1 aromatic rings. The molecular weight excluding hydrogens is 260 g/mol. The molecule has 0 atom stereocenters. The number of terminal acetylenes is 1. The highest BCUT2D eigenvalue weighted by atomic mass is 32.2. The number of sulfonamides is 1. The molecule has 5 heteroatoms. The Balaban J connectivity index is 2.93. The average molecular weight is 280 g/mol. The van der Waals surface area contributed by atoms with Crippen molar-refractivity contribution in [2.24, 2.45) is 0 Å². The molecule has 1 rings (SSSR count). The Morgan fingerprint density at radius 3 is 2.42 bits per heavy atom. The van der Waals surface area contributed by atoms with E-state index in [0.717, 1.165) is 18.5 Å². The lowest BCUT2D eigenvalue weighted by Gasteiger charge is -2.17. The van der Waals surface area contributed by atoms with Crippen molar-refractivity contribution in [1.29, 1.82) is 0 Å². The third-order valence-electron chi connectivity index (χ3n) is 2.85. The standard InChI is InChI=1S/C14H20N2O2S/c1-4-12-16(5-2)19(17,18)14-8-6-13(7-9-14)10-11-15-3/h1,6-9,15H,5,10-12H2,2-3H3. The zero-order valence-corrected chi connectivity index (χ0v) is 12.2. The van der Waals surface area contributed by atoms with Crippen molar-refractivity contribution < 1.29 is 8.42 Å². The summed E-state index contributed by atoms with van der Waals surface area (Å²) in [5.74, 6) is 2.37. The summed E-state index contributed by atoms with van der Waals surface area (Å²) in [4.78, 5) is 0.290. The highest BCUT2D eigenvalue weighted by Crippen LogP contribution is 2.16. The zero-order valence-electron chi connectivity index (χ0n) is 11.4. The first-order valence-electron chi connectivity index (χ1n) is 6.23. The molecule has 0 spiro atoms. The Hall–Kier alpha value is -1.35. The minimum Gasteiger partial charge on any atom is -0.319 e. The SMILES string of the molecule is C#CCN(CC)S(=O)(=O)c1ccc(CCNC)cc1. The summed E-state index contributed by atoms with van der Waals surface area (Å²) in [5, 5.41) is 3.06. The molecular formula is C14H20N2O2S. The van der Waals surface area contributed by atoms with Crippen LogP contribution in [0.1, 0.15) is 12.5 Å². The molecule has 0 aliphatic carbocycles. The van der Waals surface area contributed by atoms with Crippen LogP contribution in [0.5, 0.6) is 0 Å². The maximum Gasteiger partial charge on any atom is 0.243 e. The first-order chi connectivity index (χ1) is 9.06. The molecule has 0 aromatic heterocycles. The molecule has 0 amide bonds. The van der Waals surface area contributed by atoms with E-state index >= 15 is 0 Å². The van der Waals surface area contributed by atoms with Crippen molar-refractivity contribution in [2.45, 2.75) is 18.2 Å². The lowest BCUT2D eigenvalue weighted by atomic mass is 10.1. The Labute approximate surface area is 115 Å². The highest BCUT2D eigenvalue weighted by Gasteiger charge is 2.21. The van der Waals surface area contributed by atoms with E-state index in [0.29, 0.717) is 6.54 Å². The second kappa shape index (κ2) is 7.29. The van der Waals surface area contributed by atoms with Crippen molar-refractivity contribution >= 4 is 10.0 Å². The molecule has 0 aliphatic heterocycles. The molecule has 1 aromatic carbocycles. The average Bonchev–Trinajstić information content (AvgIpc) is 2.42. The van der Waals surface area contributed by atoms with Crippen LogP contribution in [-0.4, -0.2) is 39.4 Å². The van der Waals surface area contributed by atoms with E-state index < -0.39 is 10.0 Å². The molecule has 104 valence electrons. The third kappa shape index (κ3) is 4.06. The predicted octanol–water partition coefficient (Wildman–Crippen LogP) is 1.09. The van der Waals surface area contributed by atoms with E-state index in [4.69, 9.17) is 6.42 Å². The van der Waals surface area contributed by atoms with Crippen LogP contribution in [0, 0.1) is 12.3 Å². The summed E-state index contributed by atoms with van der Waals surface area (Å²) >= 11 is 0. The van der Waals surface area contributed by atoms with Crippen molar-refractivity contribution in [3.8, 4) is 12.3 Å². The van der Waals surface area contributed by atoms with Gasteiger partial charge >= 0.3 is 0 Å². The lowest BCUT2D eigenvalue weighted by molar-refractivity contribution is 0.464. The Bertz CT molecular complexity index is 530. The van der Waals surface area contributed by atoms with Crippen molar-refractivity contribution in [1.82, 2.24) is 9.62 Å². The summed E-state index contributed by atoms with van der Waals surface area (Å²) in [6.07, 6.45) is 6.07. The van der Waals surface area contributed by atoms with Crippen LogP contribution in [0.15, 0.2) is 29.2 Å². The van der Waals surface area contributed by atoms with Crippen LogP contribution in [0.2, 0.25) is 0 Å². The van der Waals surface area contributed by atoms with Gasteiger partial charge in [-0.05, 0) is 37.7 Å². The maximum absolute atomic E-state index is 12.3. The number of benzene rings is 1. The number of nitrogens with one attached hydrogen (secondary N) is 1. The van der Waals surface area contributed by atoms with E-state index in [1.54, 1.807) is 19.1 Å². The minimum atomic E-state index is -3.48. The fourth-order valence-corrected chi connectivity index (χ4v) is 3.08. The normalized spacial score (nSPS) is 11.5. The topological polar surface area (TPSA) is 49.4 Å². The Morgan fingerprint density at radius 2 is 1.95 bits per heavy atom. The van der Waals surface area contributed by atoms with Gasteiger partial charge < -0.3 is 5.32 Å². The number of likely N-dealkylation sites (N-methyl/N-ethyl adjacent to an activating group) is 1. The van der Waals surface area contributed by atoms with Gasteiger partial charge in [-0.1, -0.05) is 25.0 Å². The van der Waals surface area contributed by atoms with Gasteiger partial charge in [0, 0.05) is 6.54 Å². The highest BCUT2D eigenvalue weighted by molar-refractivity contribution is 7.89. The van der Waals surface area contributed by atoms with Gasteiger partial charge in [-0.3, -0.25) is 0 Å². The number of hydrogen-bond acceptors (Lipinski definition) is 3. The summed E-state index contributed by atoms with van der Waals surface area (Å²) < 4.78 is 25.9. The molecule has 0 bridgehead atoms. The second-order valence-electron chi connectivity index (χ2n) is 4.13. The van der Waals surface area contributed by atoms with E-state index in [1.165, 1.54) is 4.31 Å². The molecule has 0 unspecified atom stereocenters. The third-order valence-corrected chi connectivity index (χ3v) is 4.78. The smallest absolute Gasteiger partial charge is 0.243 e. The van der Waals surface area contributed by atoms with Gasteiger partial charge in [-0.15, -0.1) is 6.42 Å². The van der Waals surface area contributed by atoms with E-state index in [9.17, 15) is 8.42 Å². The summed E-state index contributed by atoms with van der Waals surface area (Å²) in [6.45, 7) is 3.11. The Kier molecular flexibility index (Phi) is 6.03. The Morgan fingerprint density at radius 1 is 1.32 bits per heavy atom. The molecule has 0 saturated carbocycles. The fraction of sp³-hybridized carbons (Fsp3) is 0.429. The van der Waals surface area contributed by atoms with Gasteiger partial charge in [0.25, 0.3) is 0 Å². The predicted molar refractivity (Wildman–Crippen MR) is 77.3 cm³/mol. The molecule has 0 radical (unpaired) electrons. The van der Waals surface area contributed by atoms with Gasteiger partial charge in [-0.25, -0.2) is 8.42 Å². The monoisotopic (exact) mass is 280 g/mol. The molecule has 19 heavy (non-hydrogen) atoms. The van der Waals surface area contributed by atoms with Crippen molar-refractivity contribution in [3.63, 3.8) is 0 Å². The fourth-order valence-electron chi connectivity index (χ4n) is 1.72. The summed E-state index contributed by atoms with van der Waals surface area (Å²) in [5.41, 5.74) is 1.10. The zero-order chi connectivity index (χ0) is 14.3. The summed E-state index contributed by atoms with van der Waals surface area (Å²) in [7, 11) is -1.59. The van der Waals surface area contributed by atoms with E-state index in [2.05, 4.69) is 11.2 Å². The summed E-state index contributed by atoms with van der Waals surface area (Å²) in [6, 6.07) is 6.96. The van der Waals surface area contributed by atoms with E-state index in [1.807, 2.05) is 19.2 Å².